The minimum absolute atomic E-state index is 0.0187. The van der Waals surface area contributed by atoms with Gasteiger partial charge in [0.1, 0.15) is 11.2 Å². The van der Waals surface area contributed by atoms with Gasteiger partial charge in [0.15, 0.2) is 0 Å². The molecule has 0 aliphatic carbocycles. The number of hydrogen-bond acceptors (Lipinski definition) is 6. The summed E-state index contributed by atoms with van der Waals surface area (Å²) in [6.07, 6.45) is 0.130. The molecule has 0 amide bonds. The molecule has 24 heavy (non-hydrogen) atoms. The lowest BCUT2D eigenvalue weighted by Gasteiger charge is -2.60. The van der Waals surface area contributed by atoms with Gasteiger partial charge in [-0.3, -0.25) is 9.80 Å². The van der Waals surface area contributed by atoms with E-state index in [9.17, 15) is 0 Å². The average Bonchev–Trinajstić information content (AvgIpc) is 2.51. The van der Waals surface area contributed by atoms with Crippen LogP contribution in [0.25, 0.3) is 0 Å². The van der Waals surface area contributed by atoms with Crippen molar-refractivity contribution in [2.75, 3.05) is 59.1 Å². The number of likely N-dealkylation sites (tertiary alicyclic amines) is 2. The number of nitrogens with one attached hydrogen (secondary N) is 1. The molecule has 4 saturated heterocycles. The molecule has 0 bridgehead atoms. The number of rotatable bonds is 3. The molecule has 1 atom stereocenters. The number of hydrogen-bond donors (Lipinski definition) is 1. The maximum Gasteiger partial charge on any atom is 0.117 e. The third-order valence-corrected chi connectivity index (χ3v) is 6.50. The Morgan fingerprint density at radius 1 is 1.08 bits per heavy atom. The van der Waals surface area contributed by atoms with Crippen LogP contribution in [0.15, 0.2) is 0 Å². The van der Waals surface area contributed by atoms with Crippen molar-refractivity contribution in [3.05, 3.63) is 0 Å². The summed E-state index contributed by atoms with van der Waals surface area (Å²) in [5.41, 5.74) is -0.0451. The fourth-order valence-corrected chi connectivity index (χ4v) is 4.41. The fraction of sp³-hybridized carbons (Fsp3) is 1.00. The second-order valence-corrected chi connectivity index (χ2v) is 9.01. The van der Waals surface area contributed by atoms with E-state index in [1.807, 2.05) is 0 Å². The molecule has 0 saturated carbocycles. The summed E-state index contributed by atoms with van der Waals surface area (Å²) in [5, 5.41) is 3.46. The molecule has 1 N–H and O–H groups in total. The first-order valence-electron chi connectivity index (χ1n) is 9.44. The van der Waals surface area contributed by atoms with Gasteiger partial charge >= 0.3 is 0 Å². The van der Waals surface area contributed by atoms with Gasteiger partial charge in [0.2, 0.25) is 0 Å². The van der Waals surface area contributed by atoms with Crippen LogP contribution in [-0.2, 0) is 14.2 Å². The van der Waals surface area contributed by atoms with E-state index in [2.05, 4.69) is 42.8 Å². The van der Waals surface area contributed by atoms with Crippen molar-refractivity contribution in [1.29, 1.82) is 0 Å². The summed E-state index contributed by atoms with van der Waals surface area (Å²) in [4.78, 5) is 4.94. The number of nitrogens with zero attached hydrogens (tertiary/aromatic N) is 2. The summed E-state index contributed by atoms with van der Waals surface area (Å²) in [5.74, 6) is 0. The SMILES string of the molecule is CC(C)N1CC2(COC(C(C)(C)N3CC4(CNCCO4)C3)CO2)C1. The van der Waals surface area contributed by atoms with E-state index >= 15 is 0 Å². The molecule has 2 spiro atoms. The van der Waals surface area contributed by atoms with E-state index in [1.165, 1.54) is 0 Å². The van der Waals surface area contributed by atoms with Crippen LogP contribution in [0, 0.1) is 0 Å². The van der Waals surface area contributed by atoms with Gasteiger partial charge in [0.25, 0.3) is 0 Å². The maximum absolute atomic E-state index is 6.31. The zero-order valence-corrected chi connectivity index (χ0v) is 15.6. The molecule has 4 heterocycles. The van der Waals surface area contributed by atoms with Gasteiger partial charge < -0.3 is 19.5 Å². The van der Waals surface area contributed by atoms with Crippen LogP contribution in [0.5, 0.6) is 0 Å². The quantitative estimate of drug-likeness (QED) is 0.799. The van der Waals surface area contributed by atoms with Gasteiger partial charge in [0, 0.05) is 50.8 Å². The molecular formula is C18H33N3O3. The molecule has 4 rings (SSSR count). The highest BCUT2D eigenvalue weighted by molar-refractivity contribution is 5.09. The highest BCUT2D eigenvalue weighted by atomic mass is 16.6. The molecule has 6 nitrogen and oxygen atoms in total. The van der Waals surface area contributed by atoms with Crippen LogP contribution < -0.4 is 5.32 Å². The van der Waals surface area contributed by atoms with Crippen molar-refractivity contribution in [1.82, 2.24) is 15.1 Å². The summed E-state index contributed by atoms with van der Waals surface area (Å²) < 4.78 is 18.6. The van der Waals surface area contributed by atoms with Gasteiger partial charge in [-0.25, -0.2) is 0 Å². The lowest BCUT2D eigenvalue weighted by Crippen LogP contribution is -2.77. The average molecular weight is 339 g/mol. The normalized spacial score (nSPS) is 33.6. The van der Waals surface area contributed by atoms with Gasteiger partial charge in [-0.2, -0.15) is 0 Å². The van der Waals surface area contributed by atoms with E-state index in [1.54, 1.807) is 0 Å². The number of morpholine rings is 1. The Morgan fingerprint density at radius 3 is 2.38 bits per heavy atom. The second kappa shape index (κ2) is 5.89. The predicted octanol–water partition coefficient (Wildman–Crippen LogP) is 0.317. The van der Waals surface area contributed by atoms with Crippen molar-refractivity contribution < 1.29 is 14.2 Å². The maximum atomic E-state index is 6.31. The van der Waals surface area contributed by atoms with Crippen molar-refractivity contribution in [2.24, 2.45) is 0 Å². The summed E-state index contributed by atoms with van der Waals surface area (Å²) in [6.45, 7) is 17.2. The summed E-state index contributed by atoms with van der Waals surface area (Å²) >= 11 is 0. The predicted molar refractivity (Wildman–Crippen MR) is 92.3 cm³/mol. The molecule has 138 valence electrons. The Morgan fingerprint density at radius 2 is 1.83 bits per heavy atom. The molecular weight excluding hydrogens is 306 g/mol. The highest BCUT2D eigenvalue weighted by Crippen LogP contribution is 2.38. The van der Waals surface area contributed by atoms with Crippen molar-refractivity contribution in [3.63, 3.8) is 0 Å². The van der Waals surface area contributed by atoms with Crippen molar-refractivity contribution in [2.45, 2.75) is 56.6 Å². The molecule has 0 aromatic rings. The topological polar surface area (TPSA) is 46.2 Å². The Hall–Kier alpha value is -0.240. The Balaban J connectivity index is 1.29. The van der Waals surface area contributed by atoms with Crippen LogP contribution in [0.4, 0.5) is 0 Å². The number of ether oxygens (including phenoxy) is 3. The second-order valence-electron chi connectivity index (χ2n) is 9.01. The zero-order valence-electron chi connectivity index (χ0n) is 15.6. The zero-order chi connectivity index (χ0) is 17.0. The first-order valence-corrected chi connectivity index (χ1v) is 9.44. The van der Waals surface area contributed by atoms with Gasteiger partial charge in [0.05, 0.1) is 25.9 Å². The van der Waals surface area contributed by atoms with E-state index in [-0.39, 0.29) is 22.8 Å². The lowest BCUT2D eigenvalue weighted by molar-refractivity contribution is -0.275. The Kier molecular flexibility index (Phi) is 4.22. The largest absolute Gasteiger partial charge is 0.371 e. The Labute approximate surface area is 145 Å². The first-order chi connectivity index (χ1) is 11.3. The molecule has 0 radical (unpaired) electrons. The van der Waals surface area contributed by atoms with Crippen LogP contribution in [0.2, 0.25) is 0 Å². The van der Waals surface area contributed by atoms with E-state index in [0.29, 0.717) is 12.6 Å². The minimum atomic E-state index is -0.0522. The van der Waals surface area contributed by atoms with Gasteiger partial charge in [-0.05, 0) is 27.7 Å². The van der Waals surface area contributed by atoms with Crippen LogP contribution in [0.1, 0.15) is 27.7 Å². The monoisotopic (exact) mass is 339 g/mol. The van der Waals surface area contributed by atoms with Crippen LogP contribution in [0.3, 0.4) is 0 Å². The minimum Gasteiger partial charge on any atom is -0.371 e. The van der Waals surface area contributed by atoms with Crippen molar-refractivity contribution in [3.8, 4) is 0 Å². The van der Waals surface area contributed by atoms with Gasteiger partial charge in [-0.15, -0.1) is 0 Å². The standard InChI is InChI=1S/C18H33N3O3/c1-14(2)20-9-18(10-20)13-22-15(7-24-18)16(3,4)21-11-17(12-21)8-19-5-6-23-17/h14-15,19H,5-13H2,1-4H3. The van der Waals surface area contributed by atoms with E-state index in [0.717, 1.165) is 52.5 Å². The van der Waals surface area contributed by atoms with Gasteiger partial charge in [-0.1, -0.05) is 0 Å². The highest BCUT2D eigenvalue weighted by Gasteiger charge is 2.55. The van der Waals surface area contributed by atoms with Crippen molar-refractivity contribution >= 4 is 0 Å². The molecule has 4 aliphatic heterocycles. The molecule has 6 heteroatoms. The third-order valence-electron chi connectivity index (χ3n) is 6.50. The van der Waals surface area contributed by atoms with E-state index < -0.39 is 0 Å². The molecule has 0 aromatic carbocycles. The first kappa shape index (κ1) is 17.2. The fourth-order valence-electron chi connectivity index (χ4n) is 4.41. The van der Waals surface area contributed by atoms with Crippen LogP contribution in [-0.4, -0.2) is 97.8 Å². The third kappa shape index (κ3) is 2.81. The molecule has 1 unspecified atom stereocenters. The smallest absolute Gasteiger partial charge is 0.117 e. The van der Waals surface area contributed by atoms with E-state index in [4.69, 9.17) is 14.2 Å². The summed E-state index contributed by atoms with van der Waals surface area (Å²) in [6, 6.07) is 0.592. The lowest BCUT2D eigenvalue weighted by atomic mass is 9.83. The molecule has 4 aliphatic rings. The van der Waals surface area contributed by atoms with Crippen LogP contribution >= 0.6 is 0 Å². The molecule has 0 aromatic heterocycles. The Bertz CT molecular complexity index is 452. The molecule has 4 fully saturated rings. The summed E-state index contributed by atoms with van der Waals surface area (Å²) in [7, 11) is 0.